The van der Waals surface area contributed by atoms with Crippen LogP contribution < -0.4 is 31.4 Å². The number of nitrogens with one attached hydrogen (secondary N) is 1. The van der Waals surface area contributed by atoms with Crippen LogP contribution in [0.15, 0.2) is 47.3 Å². The summed E-state index contributed by atoms with van der Waals surface area (Å²) >= 11 is 17.0. The number of anilines is 2. The average molecular weight is 785 g/mol. The Balaban J connectivity index is 0.000000271. The predicted molar refractivity (Wildman–Crippen MR) is 209 cm³/mol. The normalized spacial score (nSPS) is 14.3. The maximum atomic E-state index is 12.2. The summed E-state index contributed by atoms with van der Waals surface area (Å²) < 4.78 is 12.3. The highest BCUT2D eigenvalue weighted by Gasteiger charge is 2.32. The molecule has 16 heteroatoms. The number of methoxy groups -OCH3 is 1. The molecule has 1 aromatic heterocycles. The second-order valence-corrected chi connectivity index (χ2v) is 14.9. The van der Waals surface area contributed by atoms with Crippen LogP contribution in [-0.4, -0.2) is 81.0 Å². The highest BCUT2D eigenvalue weighted by atomic mass is 35.5. The largest absolute Gasteiger partial charge is 0.489 e. The molecule has 4 rings (SSSR count). The summed E-state index contributed by atoms with van der Waals surface area (Å²) in [6.45, 7) is 18.0. The van der Waals surface area contributed by atoms with Crippen molar-refractivity contribution < 1.29 is 23.9 Å². The fourth-order valence-electron chi connectivity index (χ4n) is 5.36. The van der Waals surface area contributed by atoms with E-state index in [0.717, 1.165) is 38.3 Å². The Morgan fingerprint density at radius 1 is 1.12 bits per heavy atom. The highest BCUT2D eigenvalue weighted by molar-refractivity contribution is 6.54. The lowest BCUT2D eigenvalue weighted by Crippen LogP contribution is -2.47. The second-order valence-electron chi connectivity index (χ2n) is 13.5. The summed E-state index contributed by atoms with van der Waals surface area (Å²) in [7, 11) is 1.64. The molecule has 2 heterocycles. The van der Waals surface area contributed by atoms with Gasteiger partial charge in [0.25, 0.3) is 5.91 Å². The minimum atomic E-state index is -1.05. The number of fused-ring (bicyclic) bond motifs is 1. The molecule has 52 heavy (non-hydrogen) atoms. The van der Waals surface area contributed by atoms with Gasteiger partial charge in [-0.2, -0.15) is 4.68 Å². The molecule has 2 unspecified atom stereocenters. The van der Waals surface area contributed by atoms with Crippen LogP contribution in [0.5, 0.6) is 5.75 Å². The molecule has 3 amide bonds. The monoisotopic (exact) mass is 783 g/mol. The van der Waals surface area contributed by atoms with Gasteiger partial charge in [0.2, 0.25) is 5.91 Å². The van der Waals surface area contributed by atoms with Gasteiger partial charge < -0.3 is 30.4 Å². The van der Waals surface area contributed by atoms with Crippen LogP contribution in [0.3, 0.4) is 0 Å². The first-order chi connectivity index (χ1) is 24.3. The SMILES string of the molecule is CC(C)c1nn(C(=O)NC(C)(C)C)c(=O)n1N.CC1COc2ccccc2N1C(=O)C(Cl)Cl.CCc1cccc(C)c1N(C(=O)CCl)C(C)COC. The van der Waals surface area contributed by atoms with Gasteiger partial charge in [-0.1, -0.05) is 74.3 Å². The molecule has 288 valence electrons. The number of nitrogen functional groups attached to an aromatic ring is 1. The first-order valence-electron chi connectivity index (χ1n) is 16.9. The zero-order valence-electron chi connectivity index (χ0n) is 31.6. The van der Waals surface area contributed by atoms with E-state index in [1.165, 1.54) is 0 Å². The number of rotatable bonds is 8. The molecule has 3 N–H and O–H groups in total. The van der Waals surface area contributed by atoms with E-state index in [0.29, 0.717) is 24.8 Å². The van der Waals surface area contributed by atoms with Gasteiger partial charge in [0.15, 0.2) is 10.7 Å². The summed E-state index contributed by atoms with van der Waals surface area (Å²) in [5.41, 5.74) is 2.85. The maximum absolute atomic E-state index is 12.2. The molecule has 0 aliphatic carbocycles. The number of ether oxygens (including phenoxy) is 2. The Hall–Kier alpha value is -3.78. The van der Waals surface area contributed by atoms with E-state index in [-0.39, 0.29) is 35.7 Å². The van der Waals surface area contributed by atoms with Crippen molar-refractivity contribution in [2.75, 3.05) is 41.8 Å². The third-order valence-electron chi connectivity index (χ3n) is 7.67. The first kappa shape index (κ1) is 44.4. The summed E-state index contributed by atoms with van der Waals surface area (Å²) in [6.07, 6.45) is 0.878. The van der Waals surface area contributed by atoms with Gasteiger partial charge in [-0.15, -0.1) is 21.4 Å². The molecule has 3 aromatic rings. The number of alkyl halides is 3. The van der Waals surface area contributed by atoms with Crippen LogP contribution >= 0.6 is 34.8 Å². The zero-order valence-corrected chi connectivity index (χ0v) is 33.8. The van der Waals surface area contributed by atoms with Crippen LogP contribution in [-0.2, 0) is 20.7 Å². The van der Waals surface area contributed by atoms with E-state index < -0.39 is 22.1 Å². The third kappa shape index (κ3) is 11.6. The lowest BCUT2D eigenvalue weighted by atomic mass is 10.0. The zero-order chi connectivity index (χ0) is 39.5. The molecule has 0 bridgehead atoms. The van der Waals surface area contributed by atoms with Gasteiger partial charge in [-0.05, 0) is 71.2 Å². The molecule has 13 nitrogen and oxygen atoms in total. The van der Waals surface area contributed by atoms with Crippen molar-refractivity contribution in [3.8, 4) is 5.75 Å². The van der Waals surface area contributed by atoms with Crippen LogP contribution in [0.1, 0.15) is 78.3 Å². The Bertz CT molecular complexity index is 1720. The minimum absolute atomic E-state index is 0.0223. The van der Waals surface area contributed by atoms with E-state index in [9.17, 15) is 19.2 Å². The second kappa shape index (κ2) is 19.9. The number of para-hydroxylation sites is 3. The van der Waals surface area contributed by atoms with Crippen molar-refractivity contribution in [2.24, 2.45) is 0 Å². The van der Waals surface area contributed by atoms with Crippen molar-refractivity contribution in [3.63, 3.8) is 0 Å². The van der Waals surface area contributed by atoms with Crippen LogP contribution in [0, 0.1) is 6.92 Å². The van der Waals surface area contributed by atoms with Crippen molar-refractivity contribution in [3.05, 3.63) is 69.9 Å². The molecule has 0 fully saturated rings. The number of carbonyl (C=O) groups excluding carboxylic acids is 3. The third-order valence-corrected chi connectivity index (χ3v) is 8.27. The molecule has 1 aliphatic heterocycles. The van der Waals surface area contributed by atoms with Gasteiger partial charge in [-0.25, -0.2) is 9.59 Å². The number of aromatic nitrogens is 3. The molecular formula is C36H52Cl3N7O6. The number of hydrogen-bond acceptors (Lipinski definition) is 8. The summed E-state index contributed by atoms with van der Waals surface area (Å²) in [5, 5.41) is 6.57. The molecule has 2 aromatic carbocycles. The van der Waals surface area contributed by atoms with E-state index in [1.807, 2.05) is 91.8 Å². The van der Waals surface area contributed by atoms with Crippen molar-refractivity contribution in [1.29, 1.82) is 0 Å². The first-order valence-corrected chi connectivity index (χ1v) is 18.3. The molecule has 1 aliphatic rings. The molecule has 0 saturated heterocycles. The van der Waals surface area contributed by atoms with Crippen molar-refractivity contribution in [1.82, 2.24) is 19.8 Å². The highest BCUT2D eigenvalue weighted by Crippen LogP contribution is 2.34. The predicted octanol–water partition coefficient (Wildman–Crippen LogP) is 6.01. The quantitative estimate of drug-likeness (QED) is 0.208. The van der Waals surface area contributed by atoms with E-state index >= 15 is 0 Å². The summed E-state index contributed by atoms with van der Waals surface area (Å²) in [5.74, 6) is 6.15. The van der Waals surface area contributed by atoms with E-state index in [1.54, 1.807) is 16.9 Å². The smallest absolute Gasteiger partial charge is 0.373 e. The van der Waals surface area contributed by atoms with Crippen LogP contribution in [0.2, 0.25) is 0 Å². The molecule has 2 atom stereocenters. The Morgan fingerprint density at radius 2 is 1.75 bits per heavy atom. The van der Waals surface area contributed by atoms with Crippen LogP contribution in [0.4, 0.5) is 16.2 Å². The molecule has 0 radical (unpaired) electrons. The number of nitrogens with two attached hydrogens (primary N) is 1. The standard InChI is InChI=1S/C15H22ClNO2.C11H11Cl2NO2.C10H19N5O2/c1-5-13-8-6-7-11(2)15(13)17(14(18)9-16)12(3)10-19-4;1-7-6-16-9-5-3-2-4-8(9)14(7)11(15)10(12)13;1-6(2)7-13-15(9(17)14(7)11)8(16)12-10(3,4)5/h6-8,12H,5,9-10H2,1-4H3;2-5,7,10H,6H2,1H3;6H,11H2,1-5H3,(H,12,16). The fourth-order valence-corrected chi connectivity index (χ4v) is 5.69. The minimum Gasteiger partial charge on any atom is -0.489 e. The van der Waals surface area contributed by atoms with Crippen molar-refractivity contribution >= 4 is 64.0 Å². The lowest BCUT2D eigenvalue weighted by Gasteiger charge is -2.35. The van der Waals surface area contributed by atoms with Gasteiger partial charge in [0, 0.05) is 18.6 Å². The van der Waals surface area contributed by atoms with Gasteiger partial charge in [0.1, 0.15) is 18.2 Å². The van der Waals surface area contributed by atoms with E-state index in [4.69, 9.17) is 50.1 Å². The van der Waals surface area contributed by atoms with Gasteiger partial charge in [0.05, 0.1) is 30.1 Å². The average Bonchev–Trinajstić information content (AvgIpc) is 3.39. The Labute approximate surface area is 321 Å². The van der Waals surface area contributed by atoms with Gasteiger partial charge in [-0.3, -0.25) is 9.59 Å². The summed E-state index contributed by atoms with van der Waals surface area (Å²) in [6, 6.07) is 12.7. The van der Waals surface area contributed by atoms with Crippen LogP contribution in [0.25, 0.3) is 0 Å². The lowest BCUT2D eigenvalue weighted by molar-refractivity contribution is -0.118. The number of amides is 3. The molecule has 0 spiro atoms. The summed E-state index contributed by atoms with van der Waals surface area (Å²) in [4.78, 5) is 49.9. The molecule has 0 saturated carbocycles. The number of hydrogen-bond donors (Lipinski definition) is 2. The number of halogens is 3. The topological polar surface area (TPSA) is 154 Å². The number of benzene rings is 2. The number of nitrogens with zero attached hydrogens (tertiary/aromatic N) is 5. The molecular weight excluding hydrogens is 733 g/mol. The number of carbonyl (C=O) groups is 3. The van der Waals surface area contributed by atoms with E-state index in [2.05, 4.69) is 23.4 Å². The maximum Gasteiger partial charge on any atom is 0.373 e. The fraction of sp³-hybridized carbons (Fsp3) is 0.528. The Kier molecular flexibility index (Phi) is 17.0. The van der Waals surface area contributed by atoms with Gasteiger partial charge >= 0.3 is 11.7 Å². The van der Waals surface area contributed by atoms with Crippen molar-refractivity contribution in [2.45, 2.75) is 97.1 Å². The Morgan fingerprint density at radius 3 is 2.27 bits per heavy atom. The number of aryl methyl sites for hydroxylation is 2.